The number of esters is 1. The SMILES string of the molecule is CCC(CC)C(=O)N(Cc1ccco1)CC(C)C(=O)OC. The van der Waals surface area contributed by atoms with Crippen LogP contribution in [0.5, 0.6) is 0 Å². The van der Waals surface area contributed by atoms with Crippen molar-refractivity contribution in [1.29, 1.82) is 0 Å². The third kappa shape index (κ3) is 4.92. The molecule has 0 radical (unpaired) electrons. The Bertz CT molecular complexity index is 437. The fourth-order valence-electron chi connectivity index (χ4n) is 2.33. The summed E-state index contributed by atoms with van der Waals surface area (Å²) < 4.78 is 10.1. The average Bonchev–Trinajstić information content (AvgIpc) is 2.99. The van der Waals surface area contributed by atoms with Crippen LogP contribution >= 0.6 is 0 Å². The number of ether oxygens (including phenoxy) is 1. The molecule has 21 heavy (non-hydrogen) atoms. The second-order valence-electron chi connectivity index (χ2n) is 5.24. The van der Waals surface area contributed by atoms with Crippen molar-refractivity contribution in [3.8, 4) is 0 Å². The zero-order valence-electron chi connectivity index (χ0n) is 13.3. The summed E-state index contributed by atoms with van der Waals surface area (Å²) in [5, 5.41) is 0. The summed E-state index contributed by atoms with van der Waals surface area (Å²) in [7, 11) is 1.36. The molecule has 118 valence electrons. The standard InChI is InChI=1S/C16H25NO4/c1-5-13(6-2)15(18)17(10-12(3)16(19)20-4)11-14-8-7-9-21-14/h7-9,12-13H,5-6,10-11H2,1-4H3. The average molecular weight is 295 g/mol. The van der Waals surface area contributed by atoms with Gasteiger partial charge in [-0.2, -0.15) is 0 Å². The van der Waals surface area contributed by atoms with Crippen LogP contribution in [0, 0.1) is 11.8 Å². The van der Waals surface area contributed by atoms with Gasteiger partial charge in [-0.05, 0) is 25.0 Å². The van der Waals surface area contributed by atoms with E-state index in [0.29, 0.717) is 18.8 Å². The van der Waals surface area contributed by atoms with Crippen LogP contribution in [0.3, 0.4) is 0 Å². The highest BCUT2D eigenvalue weighted by Gasteiger charge is 2.26. The van der Waals surface area contributed by atoms with E-state index in [0.717, 1.165) is 12.8 Å². The number of nitrogens with zero attached hydrogens (tertiary/aromatic N) is 1. The van der Waals surface area contributed by atoms with Gasteiger partial charge < -0.3 is 14.1 Å². The van der Waals surface area contributed by atoms with Crippen molar-refractivity contribution >= 4 is 11.9 Å². The Balaban J connectivity index is 2.83. The van der Waals surface area contributed by atoms with Gasteiger partial charge in [0.05, 0.1) is 25.8 Å². The Labute approximate surface area is 126 Å². The zero-order chi connectivity index (χ0) is 15.8. The molecule has 0 saturated heterocycles. The van der Waals surface area contributed by atoms with E-state index >= 15 is 0 Å². The van der Waals surface area contributed by atoms with E-state index in [9.17, 15) is 9.59 Å². The van der Waals surface area contributed by atoms with Crippen LogP contribution in [-0.4, -0.2) is 30.4 Å². The summed E-state index contributed by atoms with van der Waals surface area (Å²) in [5.41, 5.74) is 0. The molecule has 1 amide bonds. The largest absolute Gasteiger partial charge is 0.469 e. The molecule has 0 aliphatic rings. The Hall–Kier alpha value is -1.78. The molecule has 0 aliphatic carbocycles. The molecule has 0 aromatic carbocycles. The smallest absolute Gasteiger partial charge is 0.310 e. The first kappa shape index (κ1) is 17.3. The van der Waals surface area contributed by atoms with Gasteiger partial charge in [0.2, 0.25) is 5.91 Å². The van der Waals surface area contributed by atoms with Gasteiger partial charge in [0.1, 0.15) is 5.76 Å². The molecule has 1 unspecified atom stereocenters. The molecular weight excluding hydrogens is 270 g/mol. The molecule has 0 N–H and O–H groups in total. The monoisotopic (exact) mass is 295 g/mol. The maximum Gasteiger partial charge on any atom is 0.310 e. The van der Waals surface area contributed by atoms with Gasteiger partial charge in [0, 0.05) is 12.5 Å². The molecule has 0 fully saturated rings. The van der Waals surface area contributed by atoms with Crippen molar-refractivity contribution in [3.63, 3.8) is 0 Å². The van der Waals surface area contributed by atoms with Gasteiger partial charge in [-0.15, -0.1) is 0 Å². The molecule has 1 rings (SSSR count). The Kier molecular flexibility index (Phi) is 6.99. The lowest BCUT2D eigenvalue weighted by molar-refractivity contribution is -0.147. The summed E-state index contributed by atoms with van der Waals surface area (Å²) in [5.74, 6) is 0.0865. The van der Waals surface area contributed by atoms with E-state index in [-0.39, 0.29) is 23.7 Å². The van der Waals surface area contributed by atoms with Gasteiger partial charge in [-0.3, -0.25) is 9.59 Å². The van der Waals surface area contributed by atoms with Crippen LogP contribution in [0.4, 0.5) is 0 Å². The molecule has 0 aliphatic heterocycles. The fraction of sp³-hybridized carbons (Fsp3) is 0.625. The van der Waals surface area contributed by atoms with Gasteiger partial charge in [-0.25, -0.2) is 0 Å². The molecule has 0 bridgehead atoms. The lowest BCUT2D eigenvalue weighted by atomic mass is 10.0. The lowest BCUT2D eigenvalue weighted by Crippen LogP contribution is -2.40. The topological polar surface area (TPSA) is 59.8 Å². The highest BCUT2D eigenvalue weighted by molar-refractivity contribution is 5.80. The third-order valence-electron chi connectivity index (χ3n) is 3.67. The maximum absolute atomic E-state index is 12.6. The predicted molar refractivity (Wildman–Crippen MR) is 79.4 cm³/mol. The van der Waals surface area contributed by atoms with E-state index in [1.54, 1.807) is 24.2 Å². The van der Waals surface area contributed by atoms with E-state index in [1.165, 1.54) is 7.11 Å². The quantitative estimate of drug-likeness (QED) is 0.692. The zero-order valence-corrected chi connectivity index (χ0v) is 13.3. The molecule has 0 spiro atoms. The van der Waals surface area contributed by atoms with Crippen molar-refractivity contribution in [2.45, 2.75) is 40.2 Å². The van der Waals surface area contributed by atoms with Crippen LogP contribution < -0.4 is 0 Å². The molecular formula is C16H25NO4. The summed E-state index contributed by atoms with van der Waals surface area (Å²) in [6.07, 6.45) is 3.16. The maximum atomic E-state index is 12.6. The molecule has 1 atom stereocenters. The minimum atomic E-state index is -0.358. The van der Waals surface area contributed by atoms with Crippen LogP contribution in [0.1, 0.15) is 39.4 Å². The van der Waals surface area contributed by atoms with Crippen molar-refractivity contribution in [3.05, 3.63) is 24.2 Å². The number of rotatable bonds is 8. The Morgan fingerprint density at radius 2 is 2.00 bits per heavy atom. The second-order valence-corrected chi connectivity index (χ2v) is 5.24. The third-order valence-corrected chi connectivity index (χ3v) is 3.67. The van der Waals surface area contributed by atoms with Gasteiger partial charge >= 0.3 is 5.97 Å². The van der Waals surface area contributed by atoms with E-state index < -0.39 is 0 Å². The number of hydrogen-bond acceptors (Lipinski definition) is 4. The first-order chi connectivity index (χ1) is 10.0. The van der Waals surface area contributed by atoms with Crippen molar-refractivity contribution < 1.29 is 18.7 Å². The van der Waals surface area contributed by atoms with Crippen molar-refractivity contribution in [2.24, 2.45) is 11.8 Å². The molecule has 0 saturated carbocycles. The normalized spacial score (nSPS) is 12.2. The number of carbonyl (C=O) groups is 2. The van der Waals surface area contributed by atoms with Crippen LogP contribution in [0.25, 0.3) is 0 Å². The summed E-state index contributed by atoms with van der Waals surface area (Å²) in [6, 6.07) is 3.62. The van der Waals surface area contributed by atoms with Crippen LogP contribution in [-0.2, 0) is 20.9 Å². The molecule has 1 heterocycles. The molecule has 5 nitrogen and oxygen atoms in total. The molecule has 1 aromatic rings. The minimum absolute atomic E-state index is 0.0233. The van der Waals surface area contributed by atoms with Gasteiger partial charge in [0.15, 0.2) is 0 Å². The first-order valence-electron chi connectivity index (χ1n) is 7.42. The highest BCUT2D eigenvalue weighted by Crippen LogP contribution is 2.17. The Morgan fingerprint density at radius 3 is 2.48 bits per heavy atom. The van der Waals surface area contributed by atoms with E-state index in [4.69, 9.17) is 9.15 Å². The summed E-state index contributed by atoms with van der Waals surface area (Å²) in [4.78, 5) is 25.9. The summed E-state index contributed by atoms with van der Waals surface area (Å²) >= 11 is 0. The van der Waals surface area contributed by atoms with Crippen LogP contribution in [0.15, 0.2) is 22.8 Å². The highest BCUT2D eigenvalue weighted by atomic mass is 16.5. The minimum Gasteiger partial charge on any atom is -0.469 e. The van der Waals surface area contributed by atoms with Gasteiger partial charge in [0.25, 0.3) is 0 Å². The number of carbonyl (C=O) groups excluding carboxylic acids is 2. The number of furan rings is 1. The van der Waals surface area contributed by atoms with Crippen molar-refractivity contribution in [1.82, 2.24) is 4.90 Å². The van der Waals surface area contributed by atoms with Gasteiger partial charge in [-0.1, -0.05) is 20.8 Å². The molecule has 1 aromatic heterocycles. The predicted octanol–water partition coefficient (Wildman–Crippen LogP) is 2.85. The summed E-state index contributed by atoms with van der Waals surface area (Å²) in [6.45, 7) is 6.48. The number of hydrogen-bond donors (Lipinski definition) is 0. The lowest BCUT2D eigenvalue weighted by Gasteiger charge is -2.27. The Morgan fingerprint density at radius 1 is 1.33 bits per heavy atom. The number of methoxy groups -OCH3 is 1. The second kappa shape index (κ2) is 8.49. The van der Waals surface area contributed by atoms with Crippen LogP contribution in [0.2, 0.25) is 0 Å². The van der Waals surface area contributed by atoms with Crippen molar-refractivity contribution in [2.75, 3.05) is 13.7 Å². The van der Waals surface area contributed by atoms with E-state index in [2.05, 4.69) is 0 Å². The first-order valence-corrected chi connectivity index (χ1v) is 7.42. The number of amides is 1. The molecule has 5 heteroatoms. The fourth-order valence-corrected chi connectivity index (χ4v) is 2.33. The van der Waals surface area contributed by atoms with E-state index in [1.807, 2.05) is 19.9 Å².